The number of hydrogen-bond acceptors (Lipinski definition) is 3. The van der Waals surface area contributed by atoms with E-state index in [1.807, 2.05) is 0 Å². The summed E-state index contributed by atoms with van der Waals surface area (Å²) in [6.45, 7) is 1.34. The van der Waals surface area contributed by atoms with Crippen molar-refractivity contribution in [3.05, 3.63) is 29.8 Å². The third-order valence-corrected chi connectivity index (χ3v) is 2.29. The molecule has 1 aromatic rings. The summed E-state index contributed by atoms with van der Waals surface area (Å²) in [6.07, 6.45) is -0.0197. The van der Waals surface area contributed by atoms with Gasteiger partial charge < -0.3 is 4.74 Å². The first-order valence-electron chi connectivity index (χ1n) is 4.20. The molecule has 0 aromatic heterocycles. The molecule has 1 fully saturated rings. The fraction of sp³-hybridized carbons (Fsp3) is 0.333. The Hall–Kier alpha value is -0.810. The predicted molar refractivity (Wildman–Crippen MR) is 51.3 cm³/mol. The lowest BCUT2D eigenvalue weighted by molar-refractivity contribution is 0.0845. The van der Waals surface area contributed by atoms with Gasteiger partial charge in [-0.2, -0.15) is 0 Å². The van der Waals surface area contributed by atoms with Gasteiger partial charge in [-0.3, -0.25) is 0 Å². The highest BCUT2D eigenvalue weighted by atomic mass is 32.1. The fourth-order valence-electron chi connectivity index (χ4n) is 1.28. The van der Waals surface area contributed by atoms with Gasteiger partial charge in [0.15, 0.2) is 0 Å². The summed E-state index contributed by atoms with van der Waals surface area (Å²) < 4.78 is 32.5. The van der Waals surface area contributed by atoms with Crippen molar-refractivity contribution in [1.29, 1.82) is 0 Å². The Labute approximate surface area is 86.0 Å². The average molecular weight is 217 g/mol. The van der Waals surface area contributed by atoms with E-state index in [0.717, 1.165) is 6.07 Å². The molecule has 0 spiro atoms. The minimum Gasteiger partial charge on any atom is -0.487 e. The van der Waals surface area contributed by atoms with Crippen molar-refractivity contribution in [3.63, 3.8) is 0 Å². The Kier molecular flexibility index (Phi) is 2.60. The van der Waals surface area contributed by atoms with E-state index in [2.05, 4.69) is 12.8 Å². The third kappa shape index (κ3) is 2.16. The molecule has 1 aromatic carbocycles. The van der Waals surface area contributed by atoms with Gasteiger partial charge in [0.25, 0.3) is 0 Å². The minimum absolute atomic E-state index is 0.0197. The summed E-state index contributed by atoms with van der Waals surface area (Å²) in [6, 6.07) is 3.16. The quantitative estimate of drug-likeness (QED) is 0.759. The molecule has 76 valence electrons. The summed E-state index contributed by atoms with van der Waals surface area (Å²) in [4.78, 5) is 0. The molecule has 0 N–H and O–H groups in total. The molecule has 0 unspecified atom stereocenters. The maximum Gasteiger partial charge on any atom is 0.129 e. The molecule has 0 radical (unpaired) electrons. The van der Waals surface area contributed by atoms with E-state index in [1.165, 1.54) is 12.1 Å². The highest BCUT2D eigenvalue weighted by molar-refractivity contribution is 7.77. The van der Waals surface area contributed by atoms with E-state index in [9.17, 15) is 8.78 Å². The van der Waals surface area contributed by atoms with Gasteiger partial charge in [0.1, 0.15) is 23.5 Å². The predicted octanol–water partition coefficient (Wildman–Crippen LogP) is 1.87. The first-order valence-corrected chi connectivity index (χ1v) is 4.60. The second-order valence-electron chi connectivity index (χ2n) is 3.22. The van der Waals surface area contributed by atoms with Crippen molar-refractivity contribution in [2.24, 2.45) is 0 Å². The smallest absolute Gasteiger partial charge is 0.129 e. The van der Waals surface area contributed by atoms with Gasteiger partial charge in [-0.05, 0) is 0 Å². The van der Waals surface area contributed by atoms with Crippen molar-refractivity contribution in [2.75, 3.05) is 13.1 Å². The Bertz CT molecular complexity index is 321. The summed E-state index contributed by atoms with van der Waals surface area (Å²) in [5, 5.41) is 0. The third-order valence-electron chi connectivity index (χ3n) is 1.97. The molecule has 0 bridgehead atoms. The maximum absolute atomic E-state index is 12.7. The topological polar surface area (TPSA) is 12.5 Å². The average Bonchev–Trinajstić information content (AvgIpc) is 1.99. The van der Waals surface area contributed by atoms with E-state index < -0.39 is 11.6 Å². The van der Waals surface area contributed by atoms with E-state index in [1.54, 1.807) is 4.31 Å². The molecule has 1 aliphatic rings. The van der Waals surface area contributed by atoms with Crippen molar-refractivity contribution < 1.29 is 13.5 Å². The van der Waals surface area contributed by atoms with Gasteiger partial charge in [0.05, 0.1) is 0 Å². The highest BCUT2D eigenvalue weighted by Gasteiger charge is 2.26. The molecular weight excluding hydrogens is 208 g/mol. The summed E-state index contributed by atoms with van der Waals surface area (Å²) >= 11 is 4.06. The van der Waals surface area contributed by atoms with Crippen LogP contribution in [0.4, 0.5) is 8.78 Å². The molecule has 0 aliphatic carbocycles. The van der Waals surface area contributed by atoms with Crippen LogP contribution in [0.15, 0.2) is 18.2 Å². The number of benzene rings is 1. The Morgan fingerprint density at radius 3 is 2.29 bits per heavy atom. The summed E-state index contributed by atoms with van der Waals surface area (Å²) in [5.41, 5.74) is 0. The van der Waals surface area contributed by atoms with Crippen LogP contribution in [0.5, 0.6) is 5.75 Å². The van der Waals surface area contributed by atoms with Gasteiger partial charge in [0.2, 0.25) is 0 Å². The van der Waals surface area contributed by atoms with Gasteiger partial charge >= 0.3 is 0 Å². The first-order chi connectivity index (χ1) is 6.63. The largest absolute Gasteiger partial charge is 0.487 e. The van der Waals surface area contributed by atoms with Crippen LogP contribution in [0.1, 0.15) is 0 Å². The van der Waals surface area contributed by atoms with Gasteiger partial charge in [-0.1, -0.05) is 12.8 Å². The summed E-state index contributed by atoms with van der Waals surface area (Å²) in [5.74, 6) is -1.02. The molecule has 1 heterocycles. The Morgan fingerprint density at radius 2 is 1.79 bits per heavy atom. The van der Waals surface area contributed by atoms with Crippen LogP contribution in [0.25, 0.3) is 0 Å². The Morgan fingerprint density at radius 1 is 1.21 bits per heavy atom. The number of ether oxygens (including phenoxy) is 1. The lowest BCUT2D eigenvalue weighted by atomic mass is 10.2. The van der Waals surface area contributed by atoms with Gasteiger partial charge in [0, 0.05) is 31.3 Å². The van der Waals surface area contributed by atoms with E-state index >= 15 is 0 Å². The lowest BCUT2D eigenvalue weighted by Crippen LogP contribution is -2.48. The highest BCUT2D eigenvalue weighted by Crippen LogP contribution is 2.20. The van der Waals surface area contributed by atoms with Crippen LogP contribution in [0.2, 0.25) is 0 Å². The molecule has 2 nitrogen and oxygen atoms in total. The molecule has 0 saturated carbocycles. The van der Waals surface area contributed by atoms with E-state index in [4.69, 9.17) is 4.74 Å². The van der Waals surface area contributed by atoms with E-state index in [0.29, 0.717) is 13.1 Å². The zero-order valence-electron chi connectivity index (χ0n) is 7.28. The van der Waals surface area contributed by atoms with Crippen LogP contribution in [-0.4, -0.2) is 23.5 Å². The van der Waals surface area contributed by atoms with Crippen molar-refractivity contribution >= 4 is 12.8 Å². The molecule has 1 saturated heterocycles. The fourth-order valence-corrected chi connectivity index (χ4v) is 1.64. The van der Waals surface area contributed by atoms with Crippen molar-refractivity contribution in [1.82, 2.24) is 4.31 Å². The maximum atomic E-state index is 12.7. The second kappa shape index (κ2) is 3.74. The Balaban J connectivity index is 2.02. The first kappa shape index (κ1) is 9.73. The minimum atomic E-state index is -0.623. The molecule has 2 rings (SSSR count). The number of rotatable bonds is 2. The molecular formula is C9H9F2NOS. The van der Waals surface area contributed by atoms with Crippen LogP contribution in [0.3, 0.4) is 0 Å². The van der Waals surface area contributed by atoms with Crippen molar-refractivity contribution in [3.8, 4) is 5.75 Å². The molecule has 14 heavy (non-hydrogen) atoms. The van der Waals surface area contributed by atoms with Crippen LogP contribution in [-0.2, 0) is 0 Å². The van der Waals surface area contributed by atoms with Crippen molar-refractivity contribution in [2.45, 2.75) is 6.10 Å². The van der Waals surface area contributed by atoms with Crippen LogP contribution < -0.4 is 4.74 Å². The number of thiol groups is 1. The van der Waals surface area contributed by atoms with Gasteiger partial charge in [-0.25, -0.2) is 13.1 Å². The summed E-state index contributed by atoms with van der Waals surface area (Å²) in [7, 11) is 0. The van der Waals surface area contributed by atoms with Crippen LogP contribution in [0, 0.1) is 11.6 Å². The zero-order valence-corrected chi connectivity index (χ0v) is 8.18. The molecule has 1 aliphatic heterocycles. The standard InChI is InChI=1S/C9H9F2NOS/c10-6-1-7(11)3-8(2-6)13-9-4-12(14)5-9/h1-3,9,14H,4-5H2. The normalized spacial score (nSPS) is 17.9. The van der Waals surface area contributed by atoms with Gasteiger partial charge in [-0.15, -0.1) is 0 Å². The second-order valence-corrected chi connectivity index (χ2v) is 3.78. The monoisotopic (exact) mass is 217 g/mol. The molecule has 0 atom stereocenters. The SMILES string of the molecule is Fc1cc(F)cc(OC2CN(S)C2)c1. The number of hydrogen-bond donors (Lipinski definition) is 1. The number of halogens is 2. The lowest BCUT2D eigenvalue weighted by Gasteiger charge is -2.34. The van der Waals surface area contributed by atoms with E-state index in [-0.39, 0.29) is 11.9 Å². The zero-order chi connectivity index (χ0) is 10.1. The molecule has 5 heteroatoms. The van der Waals surface area contributed by atoms with Crippen LogP contribution >= 0.6 is 12.8 Å². The molecule has 0 amide bonds. The number of nitrogens with zero attached hydrogens (tertiary/aromatic N) is 1.